The number of rotatable bonds is 6. The maximum Gasteiger partial charge on any atom is 0.134 e. The zero-order valence-corrected chi connectivity index (χ0v) is 10.1. The summed E-state index contributed by atoms with van der Waals surface area (Å²) in [7, 11) is 0. The molecular formula is C12H22OS. The highest BCUT2D eigenvalue weighted by atomic mass is 32.2. The summed E-state index contributed by atoms with van der Waals surface area (Å²) in [6.45, 7) is 2.24. The molecule has 0 heterocycles. The van der Waals surface area contributed by atoms with Gasteiger partial charge < -0.3 is 0 Å². The van der Waals surface area contributed by atoms with Gasteiger partial charge in [0.15, 0.2) is 0 Å². The smallest absolute Gasteiger partial charge is 0.134 e. The minimum absolute atomic E-state index is 0.488. The molecule has 0 aromatic carbocycles. The van der Waals surface area contributed by atoms with E-state index in [4.69, 9.17) is 0 Å². The summed E-state index contributed by atoms with van der Waals surface area (Å²) in [6, 6.07) is 0. The van der Waals surface area contributed by atoms with Crippen molar-refractivity contribution in [1.29, 1.82) is 0 Å². The number of ketones is 1. The maximum atomic E-state index is 11.2. The Balaban J connectivity index is 1.97. The van der Waals surface area contributed by atoms with E-state index in [2.05, 4.69) is 6.92 Å². The molecule has 1 fully saturated rings. The lowest BCUT2D eigenvalue weighted by Gasteiger charge is -2.19. The first-order valence-corrected chi connectivity index (χ1v) is 7.01. The van der Waals surface area contributed by atoms with Gasteiger partial charge >= 0.3 is 0 Å². The Morgan fingerprint density at radius 3 is 2.93 bits per heavy atom. The average molecular weight is 214 g/mol. The molecule has 1 unspecified atom stereocenters. The lowest BCUT2D eigenvalue weighted by molar-refractivity contribution is -0.120. The van der Waals surface area contributed by atoms with E-state index in [-0.39, 0.29) is 0 Å². The van der Waals surface area contributed by atoms with Crippen molar-refractivity contribution in [3.63, 3.8) is 0 Å². The summed E-state index contributed by atoms with van der Waals surface area (Å²) < 4.78 is 0. The van der Waals surface area contributed by atoms with Gasteiger partial charge in [-0.2, -0.15) is 11.8 Å². The first-order chi connectivity index (χ1) is 6.83. The van der Waals surface area contributed by atoms with Crippen LogP contribution in [0.2, 0.25) is 0 Å². The predicted octanol–water partition coefficient (Wildman–Crippen LogP) is 3.81. The summed E-state index contributed by atoms with van der Waals surface area (Å²) in [4.78, 5) is 11.2. The van der Waals surface area contributed by atoms with Gasteiger partial charge in [-0.1, -0.05) is 26.2 Å². The fourth-order valence-corrected chi connectivity index (χ4v) is 3.25. The predicted molar refractivity (Wildman–Crippen MR) is 63.9 cm³/mol. The van der Waals surface area contributed by atoms with Crippen LogP contribution in [0.4, 0.5) is 0 Å². The standard InChI is InChI=1S/C12H22OS/c1-2-3-4-5-9-14-12-8-6-7-11(13)10-12/h12H,2-10H2,1H3. The SMILES string of the molecule is CCCCCCSC1CCCC(=O)C1. The maximum absolute atomic E-state index is 11.2. The zero-order chi connectivity index (χ0) is 10.2. The summed E-state index contributed by atoms with van der Waals surface area (Å²) in [5, 5.41) is 0.651. The third-order valence-electron chi connectivity index (χ3n) is 2.79. The Morgan fingerprint density at radius 2 is 2.21 bits per heavy atom. The molecule has 0 aromatic heterocycles. The van der Waals surface area contributed by atoms with Crippen LogP contribution in [0.1, 0.15) is 58.3 Å². The van der Waals surface area contributed by atoms with Crippen molar-refractivity contribution in [3.05, 3.63) is 0 Å². The van der Waals surface area contributed by atoms with Gasteiger partial charge in [-0.05, 0) is 25.0 Å². The lowest BCUT2D eigenvalue weighted by atomic mass is 9.99. The largest absolute Gasteiger partial charge is 0.300 e. The van der Waals surface area contributed by atoms with Crippen molar-refractivity contribution in [2.45, 2.75) is 63.5 Å². The van der Waals surface area contributed by atoms with Crippen LogP contribution in [-0.4, -0.2) is 16.8 Å². The number of carbonyl (C=O) groups excluding carboxylic acids is 1. The quantitative estimate of drug-likeness (QED) is 0.625. The summed E-state index contributed by atoms with van der Waals surface area (Å²) in [5.41, 5.74) is 0. The molecule has 0 aromatic rings. The molecule has 2 heteroatoms. The molecule has 1 rings (SSSR count). The molecule has 1 atom stereocenters. The summed E-state index contributed by atoms with van der Waals surface area (Å²) >= 11 is 2.03. The minimum Gasteiger partial charge on any atom is -0.300 e. The number of unbranched alkanes of at least 4 members (excludes halogenated alkanes) is 3. The van der Waals surface area contributed by atoms with Crippen LogP contribution < -0.4 is 0 Å². The third-order valence-corrected chi connectivity index (χ3v) is 4.19. The number of hydrogen-bond donors (Lipinski definition) is 0. The van der Waals surface area contributed by atoms with Crippen LogP contribution in [0.15, 0.2) is 0 Å². The van der Waals surface area contributed by atoms with Gasteiger partial charge in [0.2, 0.25) is 0 Å². The molecule has 1 aliphatic rings. The van der Waals surface area contributed by atoms with Gasteiger partial charge in [-0.15, -0.1) is 0 Å². The molecule has 0 N–H and O–H groups in total. The fourth-order valence-electron chi connectivity index (χ4n) is 1.91. The van der Waals surface area contributed by atoms with E-state index in [1.165, 1.54) is 37.9 Å². The van der Waals surface area contributed by atoms with E-state index in [0.717, 1.165) is 19.3 Å². The Labute approximate surface area is 92.0 Å². The molecule has 0 radical (unpaired) electrons. The minimum atomic E-state index is 0.488. The van der Waals surface area contributed by atoms with Crippen molar-refractivity contribution < 1.29 is 4.79 Å². The van der Waals surface area contributed by atoms with Gasteiger partial charge in [-0.25, -0.2) is 0 Å². The highest BCUT2D eigenvalue weighted by Gasteiger charge is 2.18. The van der Waals surface area contributed by atoms with Gasteiger partial charge in [0, 0.05) is 18.1 Å². The highest BCUT2D eigenvalue weighted by molar-refractivity contribution is 7.99. The van der Waals surface area contributed by atoms with Gasteiger partial charge in [-0.3, -0.25) is 4.79 Å². The summed E-state index contributed by atoms with van der Waals surface area (Å²) in [6.07, 6.45) is 9.46. The Kier molecular flexibility index (Phi) is 6.33. The van der Waals surface area contributed by atoms with E-state index < -0.39 is 0 Å². The molecule has 1 aliphatic carbocycles. The van der Waals surface area contributed by atoms with Crippen LogP contribution in [0.3, 0.4) is 0 Å². The number of thioether (sulfide) groups is 1. The molecular weight excluding hydrogens is 192 g/mol. The van der Waals surface area contributed by atoms with E-state index in [0.29, 0.717) is 11.0 Å². The van der Waals surface area contributed by atoms with Crippen molar-refractivity contribution in [2.75, 3.05) is 5.75 Å². The molecule has 0 bridgehead atoms. The van der Waals surface area contributed by atoms with E-state index in [9.17, 15) is 4.79 Å². The summed E-state index contributed by atoms with van der Waals surface area (Å²) in [5.74, 6) is 1.75. The lowest BCUT2D eigenvalue weighted by Crippen LogP contribution is -2.17. The average Bonchev–Trinajstić information content (AvgIpc) is 2.18. The Morgan fingerprint density at radius 1 is 1.36 bits per heavy atom. The second kappa shape index (κ2) is 7.33. The van der Waals surface area contributed by atoms with Crippen molar-refractivity contribution in [3.8, 4) is 0 Å². The number of Topliss-reactive ketones (excluding diaryl/α,β-unsaturated/α-hetero) is 1. The first kappa shape index (κ1) is 12.1. The van der Waals surface area contributed by atoms with Crippen molar-refractivity contribution >= 4 is 17.5 Å². The van der Waals surface area contributed by atoms with Gasteiger partial charge in [0.25, 0.3) is 0 Å². The Bertz CT molecular complexity index is 168. The van der Waals surface area contributed by atoms with E-state index in [1.54, 1.807) is 0 Å². The van der Waals surface area contributed by atoms with E-state index in [1.807, 2.05) is 11.8 Å². The third kappa shape index (κ3) is 5.04. The van der Waals surface area contributed by atoms with Crippen LogP contribution >= 0.6 is 11.8 Å². The topological polar surface area (TPSA) is 17.1 Å². The molecule has 82 valence electrons. The molecule has 1 nitrogen and oxygen atoms in total. The molecule has 1 saturated carbocycles. The van der Waals surface area contributed by atoms with Gasteiger partial charge in [0.1, 0.15) is 5.78 Å². The molecule has 0 aliphatic heterocycles. The van der Waals surface area contributed by atoms with E-state index >= 15 is 0 Å². The van der Waals surface area contributed by atoms with Crippen LogP contribution in [0.25, 0.3) is 0 Å². The second-order valence-corrected chi connectivity index (χ2v) is 5.60. The highest BCUT2D eigenvalue weighted by Crippen LogP contribution is 2.27. The zero-order valence-electron chi connectivity index (χ0n) is 9.26. The number of carbonyl (C=O) groups is 1. The van der Waals surface area contributed by atoms with Crippen LogP contribution in [0.5, 0.6) is 0 Å². The second-order valence-electron chi connectivity index (χ2n) is 4.19. The number of hydrogen-bond acceptors (Lipinski definition) is 2. The fraction of sp³-hybridized carbons (Fsp3) is 0.917. The van der Waals surface area contributed by atoms with Crippen molar-refractivity contribution in [2.24, 2.45) is 0 Å². The van der Waals surface area contributed by atoms with Crippen molar-refractivity contribution in [1.82, 2.24) is 0 Å². The monoisotopic (exact) mass is 214 g/mol. The molecule has 0 saturated heterocycles. The van der Waals surface area contributed by atoms with Gasteiger partial charge in [0.05, 0.1) is 0 Å². The normalized spacial score (nSPS) is 22.6. The Hall–Kier alpha value is 0.0200. The molecule has 0 spiro atoms. The van der Waals surface area contributed by atoms with Crippen LogP contribution in [0, 0.1) is 0 Å². The first-order valence-electron chi connectivity index (χ1n) is 5.96. The van der Waals surface area contributed by atoms with Crippen LogP contribution in [-0.2, 0) is 4.79 Å². The molecule has 14 heavy (non-hydrogen) atoms. The molecule has 0 amide bonds.